The third-order valence-electron chi connectivity index (χ3n) is 6.27. The molecule has 2 aliphatic heterocycles. The second-order valence-corrected chi connectivity index (χ2v) is 10.7. The van der Waals surface area contributed by atoms with Gasteiger partial charge in [0.15, 0.2) is 9.84 Å². The largest absolute Gasteiger partial charge is 0.340 e. The van der Waals surface area contributed by atoms with E-state index in [-0.39, 0.29) is 29.4 Å². The van der Waals surface area contributed by atoms with Crippen molar-refractivity contribution in [3.63, 3.8) is 0 Å². The van der Waals surface area contributed by atoms with Crippen molar-refractivity contribution in [3.05, 3.63) is 71.8 Å². The highest BCUT2D eigenvalue weighted by Gasteiger charge is 2.35. The standard InChI is InChI=1S/C24H29N3O4S/c28-23(20-9-5-2-6-10-20)25-22(17-19-7-3-1-4-8-19)24(29)27-14-12-26(13-15-27)21-11-16-32(30,31)18-21/h1-10,21-22H,11-18H2,(H,25,28)/t21-,22+/m1/s1. The Hall–Kier alpha value is -2.71. The number of carbonyl (C=O) groups excluding carboxylic acids is 2. The summed E-state index contributed by atoms with van der Waals surface area (Å²) in [7, 11) is -2.93. The average Bonchev–Trinajstić information content (AvgIpc) is 3.19. The van der Waals surface area contributed by atoms with Crippen LogP contribution in [0.25, 0.3) is 0 Å². The summed E-state index contributed by atoms with van der Waals surface area (Å²) in [6.07, 6.45) is 1.08. The molecule has 0 saturated carbocycles. The molecule has 2 amide bonds. The number of rotatable bonds is 6. The SMILES string of the molecule is O=C(N[C@@H](Cc1ccccc1)C(=O)N1CCN([C@@H]2CCS(=O)(=O)C2)CC1)c1ccccc1. The van der Waals surface area contributed by atoms with Crippen LogP contribution >= 0.6 is 0 Å². The van der Waals surface area contributed by atoms with Gasteiger partial charge in [0, 0.05) is 44.2 Å². The number of nitrogens with one attached hydrogen (secondary N) is 1. The van der Waals surface area contributed by atoms with E-state index in [1.54, 1.807) is 29.2 Å². The zero-order valence-corrected chi connectivity index (χ0v) is 18.8. The van der Waals surface area contributed by atoms with E-state index in [2.05, 4.69) is 10.2 Å². The molecule has 0 unspecified atom stereocenters. The number of amides is 2. The summed E-state index contributed by atoms with van der Waals surface area (Å²) in [6.45, 7) is 2.36. The smallest absolute Gasteiger partial charge is 0.251 e. The lowest BCUT2D eigenvalue weighted by Crippen LogP contribution is -2.57. The molecule has 2 aromatic carbocycles. The van der Waals surface area contributed by atoms with E-state index in [9.17, 15) is 18.0 Å². The normalized spacial score (nSPS) is 21.8. The molecule has 0 radical (unpaired) electrons. The Morgan fingerprint density at radius 1 is 0.938 bits per heavy atom. The Bertz CT molecular complexity index is 1040. The van der Waals surface area contributed by atoms with Crippen LogP contribution in [-0.4, -0.2) is 79.8 Å². The van der Waals surface area contributed by atoms with E-state index in [4.69, 9.17) is 0 Å². The van der Waals surface area contributed by atoms with Crippen LogP contribution in [0.1, 0.15) is 22.3 Å². The Morgan fingerprint density at radius 2 is 1.56 bits per heavy atom. The Labute approximate surface area is 189 Å². The number of carbonyl (C=O) groups is 2. The third kappa shape index (κ3) is 5.55. The summed E-state index contributed by atoms with van der Waals surface area (Å²) in [4.78, 5) is 30.1. The Balaban J connectivity index is 1.42. The highest BCUT2D eigenvalue weighted by atomic mass is 32.2. The molecule has 170 valence electrons. The van der Waals surface area contributed by atoms with Crippen LogP contribution < -0.4 is 5.32 Å². The van der Waals surface area contributed by atoms with Gasteiger partial charge in [0.05, 0.1) is 11.5 Å². The van der Waals surface area contributed by atoms with Gasteiger partial charge in [-0.1, -0.05) is 48.5 Å². The van der Waals surface area contributed by atoms with Crippen LogP contribution in [0, 0.1) is 0 Å². The van der Waals surface area contributed by atoms with E-state index in [0.717, 1.165) is 5.56 Å². The Kier molecular flexibility index (Phi) is 6.91. The minimum Gasteiger partial charge on any atom is -0.340 e. The first-order chi connectivity index (χ1) is 15.4. The van der Waals surface area contributed by atoms with Gasteiger partial charge in [0.2, 0.25) is 5.91 Å². The molecule has 0 spiro atoms. The molecule has 1 N–H and O–H groups in total. The van der Waals surface area contributed by atoms with Crippen LogP contribution in [0.15, 0.2) is 60.7 Å². The molecule has 8 heteroatoms. The number of benzene rings is 2. The van der Waals surface area contributed by atoms with Crippen molar-refractivity contribution in [1.82, 2.24) is 15.1 Å². The number of sulfone groups is 1. The summed E-state index contributed by atoms with van der Waals surface area (Å²) < 4.78 is 23.6. The van der Waals surface area contributed by atoms with Crippen molar-refractivity contribution in [3.8, 4) is 0 Å². The molecule has 0 aliphatic carbocycles. The number of hydrogen-bond acceptors (Lipinski definition) is 5. The van der Waals surface area contributed by atoms with Crippen molar-refractivity contribution in [2.24, 2.45) is 0 Å². The minimum absolute atomic E-state index is 0.0511. The van der Waals surface area contributed by atoms with Gasteiger partial charge in [0.1, 0.15) is 6.04 Å². The van der Waals surface area contributed by atoms with Crippen LogP contribution in [0.4, 0.5) is 0 Å². The molecule has 2 saturated heterocycles. The molecule has 7 nitrogen and oxygen atoms in total. The van der Waals surface area contributed by atoms with Gasteiger partial charge in [-0.05, 0) is 24.1 Å². The molecule has 2 atom stereocenters. The zero-order chi connectivity index (χ0) is 22.6. The maximum atomic E-state index is 13.4. The molecule has 2 aromatic rings. The molecule has 2 heterocycles. The third-order valence-corrected chi connectivity index (χ3v) is 8.02. The van der Waals surface area contributed by atoms with Crippen molar-refractivity contribution in [2.75, 3.05) is 37.7 Å². The van der Waals surface area contributed by atoms with Gasteiger partial charge in [-0.15, -0.1) is 0 Å². The van der Waals surface area contributed by atoms with Crippen LogP contribution in [0.3, 0.4) is 0 Å². The van der Waals surface area contributed by atoms with Crippen molar-refractivity contribution >= 4 is 21.7 Å². The molecule has 32 heavy (non-hydrogen) atoms. The first-order valence-electron chi connectivity index (χ1n) is 11.0. The fourth-order valence-corrected chi connectivity index (χ4v) is 6.23. The summed E-state index contributed by atoms with van der Waals surface area (Å²) >= 11 is 0. The first kappa shape index (κ1) is 22.5. The highest BCUT2D eigenvalue weighted by Crippen LogP contribution is 2.20. The highest BCUT2D eigenvalue weighted by molar-refractivity contribution is 7.91. The summed E-state index contributed by atoms with van der Waals surface area (Å²) in [5, 5.41) is 2.93. The van der Waals surface area contributed by atoms with Crippen LogP contribution in [-0.2, 0) is 21.1 Å². The second kappa shape index (κ2) is 9.83. The molecule has 2 fully saturated rings. The quantitative estimate of drug-likeness (QED) is 0.711. The molecule has 4 rings (SSSR count). The van der Waals surface area contributed by atoms with E-state index in [1.165, 1.54) is 0 Å². The lowest BCUT2D eigenvalue weighted by molar-refractivity contribution is -0.135. The molecular formula is C24H29N3O4S. The van der Waals surface area contributed by atoms with Gasteiger partial charge in [-0.2, -0.15) is 0 Å². The van der Waals surface area contributed by atoms with E-state index < -0.39 is 15.9 Å². The molecule has 0 aromatic heterocycles. The van der Waals surface area contributed by atoms with E-state index in [0.29, 0.717) is 44.6 Å². The first-order valence-corrected chi connectivity index (χ1v) is 12.9. The molecular weight excluding hydrogens is 426 g/mol. The zero-order valence-electron chi connectivity index (χ0n) is 18.0. The van der Waals surface area contributed by atoms with E-state index in [1.807, 2.05) is 36.4 Å². The van der Waals surface area contributed by atoms with Crippen molar-refractivity contribution in [1.29, 1.82) is 0 Å². The minimum atomic E-state index is -2.93. The van der Waals surface area contributed by atoms with Gasteiger partial charge in [0.25, 0.3) is 5.91 Å². The molecule has 2 aliphatic rings. The van der Waals surface area contributed by atoms with Crippen LogP contribution in [0.5, 0.6) is 0 Å². The lowest BCUT2D eigenvalue weighted by Gasteiger charge is -2.39. The average molecular weight is 456 g/mol. The Morgan fingerprint density at radius 3 is 2.16 bits per heavy atom. The van der Waals surface area contributed by atoms with E-state index >= 15 is 0 Å². The number of piperazine rings is 1. The fraction of sp³-hybridized carbons (Fsp3) is 0.417. The molecule has 0 bridgehead atoms. The van der Waals surface area contributed by atoms with Crippen LogP contribution in [0.2, 0.25) is 0 Å². The number of hydrogen-bond donors (Lipinski definition) is 1. The summed E-state index contributed by atoms with van der Waals surface area (Å²) in [5.74, 6) is 0.0955. The van der Waals surface area contributed by atoms with Gasteiger partial charge in [-0.25, -0.2) is 8.42 Å². The summed E-state index contributed by atoms with van der Waals surface area (Å²) in [5.41, 5.74) is 1.50. The van der Waals surface area contributed by atoms with Gasteiger partial charge in [-0.3, -0.25) is 14.5 Å². The van der Waals surface area contributed by atoms with Gasteiger partial charge >= 0.3 is 0 Å². The van der Waals surface area contributed by atoms with Gasteiger partial charge < -0.3 is 10.2 Å². The maximum Gasteiger partial charge on any atom is 0.251 e. The summed E-state index contributed by atoms with van der Waals surface area (Å²) in [6, 6.07) is 18.0. The second-order valence-electron chi connectivity index (χ2n) is 8.50. The predicted octanol–water partition coefficient (Wildman–Crippen LogP) is 1.36. The lowest BCUT2D eigenvalue weighted by atomic mass is 10.0. The van der Waals surface area contributed by atoms with Crippen molar-refractivity contribution < 1.29 is 18.0 Å². The fourth-order valence-electron chi connectivity index (χ4n) is 4.47. The topological polar surface area (TPSA) is 86.8 Å². The van der Waals surface area contributed by atoms with Crippen molar-refractivity contribution in [2.45, 2.75) is 24.9 Å². The monoisotopic (exact) mass is 455 g/mol. The number of nitrogens with zero attached hydrogens (tertiary/aromatic N) is 2. The predicted molar refractivity (Wildman–Crippen MR) is 123 cm³/mol. The maximum absolute atomic E-state index is 13.4.